The van der Waals surface area contributed by atoms with Crippen molar-refractivity contribution in [2.45, 2.75) is 53.2 Å². The highest BCUT2D eigenvalue weighted by Gasteiger charge is 2.35. The molecule has 0 unspecified atom stereocenters. The fraction of sp³-hybridized carbons (Fsp3) is 0.224. The Bertz CT molecular complexity index is 2720. The summed E-state index contributed by atoms with van der Waals surface area (Å²) in [5.74, 6) is -0.169. The maximum atomic E-state index is 14.5. The number of anilines is 6. The van der Waals surface area contributed by atoms with Gasteiger partial charge in [0, 0.05) is 53.4 Å². The van der Waals surface area contributed by atoms with Crippen LogP contribution >= 0.6 is 0 Å². The van der Waals surface area contributed by atoms with E-state index < -0.39 is 11.9 Å². The van der Waals surface area contributed by atoms with Gasteiger partial charge in [0.15, 0.2) is 0 Å². The summed E-state index contributed by atoms with van der Waals surface area (Å²) in [6.07, 6.45) is 3.86. The first-order chi connectivity index (χ1) is 30.4. The molecule has 6 aromatic rings. The number of pyridine rings is 1. The predicted octanol–water partition coefficient (Wildman–Crippen LogP) is 7.98. The van der Waals surface area contributed by atoms with Gasteiger partial charge >= 0.3 is 6.03 Å². The minimum Gasteiger partial charge on any atom is -0.350 e. The normalized spacial score (nSPS) is 14.7. The Morgan fingerprint density at radius 1 is 0.825 bits per heavy atom. The molecule has 0 saturated carbocycles. The van der Waals surface area contributed by atoms with Crippen molar-refractivity contribution in [2.24, 2.45) is 10.9 Å². The van der Waals surface area contributed by atoms with Gasteiger partial charge in [0.2, 0.25) is 11.9 Å². The molecule has 0 radical (unpaired) electrons. The molecule has 14 heteroatoms. The van der Waals surface area contributed by atoms with Crippen LogP contribution < -0.4 is 30.7 Å². The number of nitrogens with zero attached hydrogens (tertiary/aromatic N) is 7. The monoisotopic (exact) mass is 840 g/mol. The van der Waals surface area contributed by atoms with Crippen molar-refractivity contribution in [3.8, 4) is 0 Å². The first kappa shape index (κ1) is 42.0. The molecule has 2 aliphatic rings. The molecule has 4 heterocycles. The van der Waals surface area contributed by atoms with Gasteiger partial charge in [-0.15, -0.1) is 0 Å². The van der Waals surface area contributed by atoms with Gasteiger partial charge in [-0.2, -0.15) is 4.98 Å². The third kappa shape index (κ3) is 9.30. The Hall–Kier alpha value is -7.74. The Kier molecular flexibility index (Phi) is 12.0. The van der Waals surface area contributed by atoms with E-state index in [9.17, 15) is 19.2 Å². The molecule has 14 nitrogen and oxygen atoms in total. The van der Waals surface area contributed by atoms with Crippen LogP contribution in [-0.4, -0.2) is 64.1 Å². The molecule has 1 atom stereocenters. The summed E-state index contributed by atoms with van der Waals surface area (Å²) in [5.41, 5.74) is 7.84. The maximum Gasteiger partial charge on any atom is 0.330 e. The van der Waals surface area contributed by atoms with Crippen LogP contribution in [0.25, 0.3) is 0 Å². The number of amides is 5. The summed E-state index contributed by atoms with van der Waals surface area (Å²) in [6, 6.07) is 32.4. The zero-order valence-electron chi connectivity index (χ0n) is 35.8. The molecule has 4 aromatic carbocycles. The predicted molar refractivity (Wildman–Crippen MR) is 246 cm³/mol. The summed E-state index contributed by atoms with van der Waals surface area (Å²) in [6.45, 7) is 8.10. The van der Waals surface area contributed by atoms with E-state index in [2.05, 4.69) is 30.9 Å². The van der Waals surface area contributed by atoms with Gasteiger partial charge in [0.1, 0.15) is 18.4 Å². The number of benzene rings is 4. The van der Waals surface area contributed by atoms with E-state index in [0.717, 1.165) is 33.6 Å². The number of carbonyl (C=O) groups excluding carboxylic acids is 4. The zero-order valence-corrected chi connectivity index (χ0v) is 35.8. The van der Waals surface area contributed by atoms with E-state index >= 15 is 0 Å². The lowest BCUT2D eigenvalue weighted by atomic mass is 9.98. The third-order valence-corrected chi connectivity index (χ3v) is 10.9. The molecule has 5 amide bonds. The fourth-order valence-electron chi connectivity index (χ4n) is 7.67. The van der Waals surface area contributed by atoms with Crippen LogP contribution in [0.2, 0.25) is 0 Å². The number of nitrogens with one attached hydrogen (secondary N) is 3. The summed E-state index contributed by atoms with van der Waals surface area (Å²) in [5, 5.41) is 9.11. The van der Waals surface area contributed by atoms with Crippen molar-refractivity contribution in [3.63, 3.8) is 0 Å². The average Bonchev–Trinajstić information content (AvgIpc) is 3.39. The minimum atomic E-state index is -0.761. The summed E-state index contributed by atoms with van der Waals surface area (Å²) < 4.78 is 0. The highest BCUT2D eigenvalue weighted by Crippen LogP contribution is 2.35. The maximum absolute atomic E-state index is 14.5. The van der Waals surface area contributed by atoms with Gasteiger partial charge < -0.3 is 20.9 Å². The number of aliphatic imine (C=N–C) groups is 1. The quantitative estimate of drug-likeness (QED) is 0.112. The lowest BCUT2D eigenvalue weighted by Crippen LogP contribution is -2.46. The standard InChI is InChI=1S/C49H48N10O4/c1-30(2)22-40-47(62)58(29-43(60)51-25-33-12-8-6-9-13-33)42-23-35(18-21-39(42)44(55-40)34-14-10-7-11-15-34)46(61)53-37-19-16-31(3)41(24-37)59-28-36-26-52-48(56-45(36)57(5)49(59)63)54-38-20-17-32(4)50-27-38/h6-21,23-24,26-27,30,40H,22,25,28-29H2,1-5H3,(H,51,60)(H,53,61)(H,52,54,56)/t40-/m0/s1. The molecule has 8 rings (SSSR count). The van der Waals surface area contributed by atoms with E-state index in [1.165, 1.54) is 9.80 Å². The second kappa shape index (κ2) is 18.1. The van der Waals surface area contributed by atoms with Gasteiger partial charge in [0.25, 0.3) is 11.8 Å². The first-order valence-corrected chi connectivity index (χ1v) is 20.8. The van der Waals surface area contributed by atoms with E-state index in [1.807, 2.05) is 107 Å². The Morgan fingerprint density at radius 3 is 2.30 bits per heavy atom. The Labute approximate surface area is 366 Å². The Morgan fingerprint density at radius 2 is 1.57 bits per heavy atom. The van der Waals surface area contributed by atoms with Crippen molar-refractivity contribution in [3.05, 3.63) is 161 Å². The molecular weight excluding hydrogens is 793 g/mol. The topological polar surface area (TPSA) is 165 Å². The fourth-order valence-corrected chi connectivity index (χ4v) is 7.67. The molecule has 2 aromatic heterocycles. The number of urea groups is 1. The van der Waals surface area contributed by atoms with Crippen molar-refractivity contribution >= 4 is 64.0 Å². The van der Waals surface area contributed by atoms with Crippen molar-refractivity contribution < 1.29 is 19.2 Å². The van der Waals surface area contributed by atoms with Gasteiger partial charge in [-0.1, -0.05) is 80.6 Å². The molecule has 0 aliphatic carbocycles. The second-order valence-electron chi connectivity index (χ2n) is 16.1. The van der Waals surface area contributed by atoms with Crippen molar-refractivity contribution in [1.29, 1.82) is 0 Å². The van der Waals surface area contributed by atoms with E-state index in [-0.39, 0.29) is 42.4 Å². The van der Waals surface area contributed by atoms with Gasteiger partial charge in [-0.3, -0.25) is 34.2 Å². The van der Waals surface area contributed by atoms with Crippen LogP contribution in [0.1, 0.15) is 64.1 Å². The molecule has 0 spiro atoms. The summed E-state index contributed by atoms with van der Waals surface area (Å²) >= 11 is 0. The molecule has 0 saturated heterocycles. The summed E-state index contributed by atoms with van der Waals surface area (Å²) in [7, 11) is 1.66. The van der Waals surface area contributed by atoms with E-state index in [4.69, 9.17) is 4.99 Å². The number of carbonyl (C=O) groups is 4. The number of aromatic nitrogens is 3. The molecule has 63 heavy (non-hydrogen) atoms. The zero-order chi connectivity index (χ0) is 44.2. The van der Waals surface area contributed by atoms with Gasteiger partial charge in [-0.25, -0.2) is 9.78 Å². The molecule has 0 fully saturated rings. The number of fused-ring (bicyclic) bond motifs is 2. The van der Waals surface area contributed by atoms with Crippen LogP contribution in [-0.2, 0) is 22.7 Å². The van der Waals surface area contributed by atoms with Gasteiger partial charge in [0.05, 0.1) is 35.5 Å². The number of rotatable bonds is 12. The third-order valence-electron chi connectivity index (χ3n) is 10.9. The Balaban J connectivity index is 1.07. The SMILES string of the molecule is Cc1ccc(Nc2ncc3c(n2)N(C)C(=O)N(c2cc(NC(=O)c4ccc5c(c4)N(CC(=O)NCc4ccccc4)C(=O)[C@H](CC(C)C)N=C5c4ccccc4)ccc2C)C3)cn1. The van der Waals surface area contributed by atoms with E-state index in [0.29, 0.717) is 53.1 Å². The molecule has 2 aliphatic heterocycles. The number of hydrogen-bond acceptors (Lipinski definition) is 9. The average molecular weight is 841 g/mol. The largest absolute Gasteiger partial charge is 0.350 e. The van der Waals surface area contributed by atoms with Crippen LogP contribution in [0.15, 0.2) is 127 Å². The number of benzodiazepines with no additional fused rings is 1. The molecule has 0 bridgehead atoms. The molecule has 318 valence electrons. The van der Waals surface area contributed by atoms with Crippen LogP contribution in [0.4, 0.5) is 39.3 Å². The summed E-state index contributed by atoms with van der Waals surface area (Å²) in [4.78, 5) is 79.4. The first-order valence-electron chi connectivity index (χ1n) is 20.8. The minimum absolute atomic E-state index is 0.136. The van der Waals surface area contributed by atoms with Crippen molar-refractivity contribution in [1.82, 2.24) is 20.3 Å². The van der Waals surface area contributed by atoms with Gasteiger partial charge in [-0.05, 0) is 79.8 Å². The van der Waals surface area contributed by atoms with Crippen LogP contribution in [0.3, 0.4) is 0 Å². The smallest absolute Gasteiger partial charge is 0.330 e. The second-order valence-corrected chi connectivity index (χ2v) is 16.1. The lowest BCUT2D eigenvalue weighted by molar-refractivity contribution is -0.124. The highest BCUT2D eigenvalue weighted by atomic mass is 16.2. The molecular formula is C49H48N10O4. The van der Waals surface area contributed by atoms with E-state index in [1.54, 1.807) is 54.7 Å². The number of hydrogen-bond donors (Lipinski definition) is 3. The number of aryl methyl sites for hydroxylation is 2. The van der Waals surface area contributed by atoms with Crippen LogP contribution in [0.5, 0.6) is 0 Å². The highest BCUT2D eigenvalue weighted by molar-refractivity contribution is 6.21. The van der Waals surface area contributed by atoms with Crippen molar-refractivity contribution in [2.75, 3.05) is 38.9 Å². The van der Waals surface area contributed by atoms with Crippen LogP contribution in [0, 0.1) is 19.8 Å². The molecule has 3 N–H and O–H groups in total. The lowest BCUT2D eigenvalue weighted by Gasteiger charge is -2.35.